The lowest BCUT2D eigenvalue weighted by Gasteiger charge is -2.27. The van der Waals surface area contributed by atoms with Gasteiger partial charge in [0, 0.05) is 5.69 Å². The number of likely N-dealkylation sites (tertiary alicyclic amines) is 1. The molecule has 0 saturated carbocycles. The zero-order valence-electron chi connectivity index (χ0n) is 15.7. The van der Waals surface area contributed by atoms with Crippen LogP contribution in [0.4, 0.5) is 11.4 Å². The lowest BCUT2D eigenvalue weighted by molar-refractivity contribution is -0.147. The van der Waals surface area contributed by atoms with E-state index in [4.69, 9.17) is 28.9 Å². The van der Waals surface area contributed by atoms with Crippen molar-refractivity contribution in [1.82, 2.24) is 4.90 Å². The molecule has 8 heteroatoms. The molecule has 1 aliphatic carbocycles. The Balaban J connectivity index is 1.87. The van der Waals surface area contributed by atoms with E-state index < -0.39 is 11.9 Å². The van der Waals surface area contributed by atoms with Crippen molar-refractivity contribution in [2.75, 3.05) is 11.1 Å². The van der Waals surface area contributed by atoms with Crippen molar-refractivity contribution in [1.29, 1.82) is 0 Å². The van der Waals surface area contributed by atoms with Gasteiger partial charge in [0.05, 0.1) is 27.6 Å². The van der Waals surface area contributed by atoms with Crippen LogP contribution in [-0.2, 0) is 14.4 Å². The molecular formula is C20H23Cl2N3O3. The lowest BCUT2D eigenvalue weighted by Crippen LogP contribution is -2.48. The van der Waals surface area contributed by atoms with E-state index >= 15 is 0 Å². The van der Waals surface area contributed by atoms with Crippen LogP contribution in [0, 0.1) is 17.8 Å². The Kier molecular flexibility index (Phi) is 6.01. The minimum absolute atomic E-state index is 0.107. The van der Waals surface area contributed by atoms with E-state index in [1.165, 1.54) is 12.1 Å². The van der Waals surface area contributed by atoms with Gasteiger partial charge in [-0.1, -0.05) is 49.2 Å². The van der Waals surface area contributed by atoms with Crippen LogP contribution in [0.1, 0.15) is 33.1 Å². The topological polar surface area (TPSA) is 92.5 Å². The molecular weight excluding hydrogens is 401 g/mol. The average Bonchev–Trinajstić information content (AvgIpc) is 2.88. The molecule has 1 fully saturated rings. The average molecular weight is 424 g/mol. The molecule has 1 aromatic rings. The molecule has 3 unspecified atom stereocenters. The van der Waals surface area contributed by atoms with Crippen LogP contribution in [0.5, 0.6) is 0 Å². The fraction of sp³-hybridized carbons (Fsp3) is 0.450. The fourth-order valence-electron chi connectivity index (χ4n) is 3.79. The first kappa shape index (κ1) is 20.7. The fourth-order valence-corrected chi connectivity index (χ4v) is 4.28. The van der Waals surface area contributed by atoms with E-state index in [2.05, 4.69) is 5.32 Å². The third-order valence-corrected chi connectivity index (χ3v) is 5.82. The second-order valence-corrected chi connectivity index (χ2v) is 8.50. The number of nitrogen functional groups attached to an aromatic ring is 1. The van der Waals surface area contributed by atoms with Gasteiger partial charge in [-0.05, 0) is 37.3 Å². The zero-order chi connectivity index (χ0) is 20.6. The number of rotatable bonds is 5. The van der Waals surface area contributed by atoms with Gasteiger partial charge >= 0.3 is 0 Å². The van der Waals surface area contributed by atoms with E-state index in [9.17, 15) is 14.4 Å². The molecule has 0 aromatic heterocycles. The van der Waals surface area contributed by atoms with Gasteiger partial charge in [0.1, 0.15) is 6.04 Å². The summed E-state index contributed by atoms with van der Waals surface area (Å²) in [6.45, 7) is 3.88. The molecule has 0 bridgehead atoms. The van der Waals surface area contributed by atoms with Crippen molar-refractivity contribution in [3.05, 3.63) is 34.3 Å². The first-order valence-electron chi connectivity index (χ1n) is 9.28. The van der Waals surface area contributed by atoms with Crippen LogP contribution in [0.25, 0.3) is 0 Å². The van der Waals surface area contributed by atoms with E-state index in [0.29, 0.717) is 24.9 Å². The molecule has 1 saturated heterocycles. The van der Waals surface area contributed by atoms with Crippen LogP contribution < -0.4 is 11.1 Å². The SMILES string of the molecule is CC(C)CC(C(=O)Nc1cc(Cl)c(N)c(Cl)c1)N1C(=O)C2CC=CCC2C1=O. The van der Waals surface area contributed by atoms with Crippen molar-refractivity contribution in [3.63, 3.8) is 0 Å². The Labute approximate surface area is 174 Å². The normalized spacial score (nSPS) is 22.5. The molecule has 3 atom stereocenters. The maximum atomic E-state index is 13.0. The van der Waals surface area contributed by atoms with Crippen molar-refractivity contribution in [3.8, 4) is 0 Å². The Morgan fingerprint density at radius 2 is 1.64 bits per heavy atom. The highest BCUT2D eigenvalue weighted by atomic mass is 35.5. The molecule has 3 N–H and O–H groups in total. The standard InChI is InChI=1S/C20H23Cl2N3O3/c1-10(2)7-16(18(26)24-11-8-14(21)17(23)15(22)9-11)25-19(27)12-5-3-4-6-13(12)20(25)28/h3-4,8-10,12-13,16H,5-7,23H2,1-2H3,(H,24,26). The largest absolute Gasteiger partial charge is 0.396 e. The van der Waals surface area contributed by atoms with Gasteiger partial charge < -0.3 is 11.1 Å². The van der Waals surface area contributed by atoms with Crippen molar-refractivity contribution in [2.24, 2.45) is 17.8 Å². The number of allylic oxidation sites excluding steroid dienone is 2. The number of carbonyl (C=O) groups is 3. The molecule has 0 radical (unpaired) electrons. The number of carbonyl (C=O) groups excluding carboxylic acids is 3. The number of amides is 3. The van der Waals surface area contributed by atoms with Gasteiger partial charge in [-0.3, -0.25) is 19.3 Å². The molecule has 0 spiro atoms. The quantitative estimate of drug-likeness (QED) is 0.426. The van der Waals surface area contributed by atoms with Crippen LogP contribution in [-0.4, -0.2) is 28.7 Å². The maximum Gasteiger partial charge on any atom is 0.247 e. The van der Waals surface area contributed by atoms with Gasteiger partial charge in [-0.2, -0.15) is 0 Å². The van der Waals surface area contributed by atoms with E-state index in [-0.39, 0.29) is 45.3 Å². The molecule has 28 heavy (non-hydrogen) atoms. The third-order valence-electron chi connectivity index (χ3n) is 5.20. The number of halogens is 2. The summed E-state index contributed by atoms with van der Waals surface area (Å²) in [5, 5.41) is 3.16. The summed E-state index contributed by atoms with van der Waals surface area (Å²) in [6.07, 6.45) is 5.28. The highest BCUT2D eigenvalue weighted by Gasteiger charge is 2.51. The second kappa shape index (κ2) is 8.13. The first-order valence-corrected chi connectivity index (χ1v) is 10.0. The van der Waals surface area contributed by atoms with Crippen LogP contribution in [0.3, 0.4) is 0 Å². The smallest absolute Gasteiger partial charge is 0.247 e. The third kappa shape index (κ3) is 3.89. The Morgan fingerprint density at radius 3 is 2.11 bits per heavy atom. The highest BCUT2D eigenvalue weighted by Crippen LogP contribution is 2.37. The predicted octanol–water partition coefficient (Wildman–Crippen LogP) is 3.88. The number of nitrogens with two attached hydrogens (primary N) is 1. The highest BCUT2D eigenvalue weighted by molar-refractivity contribution is 6.39. The Morgan fingerprint density at radius 1 is 1.14 bits per heavy atom. The monoisotopic (exact) mass is 423 g/mol. The van der Waals surface area contributed by atoms with E-state index in [1.54, 1.807) is 0 Å². The lowest BCUT2D eigenvalue weighted by atomic mass is 9.85. The number of imide groups is 1. The number of fused-ring (bicyclic) bond motifs is 1. The van der Waals surface area contributed by atoms with Gasteiger partial charge in [-0.15, -0.1) is 0 Å². The Hall–Kier alpha value is -2.05. The summed E-state index contributed by atoms with van der Waals surface area (Å²) in [5.41, 5.74) is 6.32. The van der Waals surface area contributed by atoms with Crippen LogP contribution >= 0.6 is 23.2 Å². The number of nitrogens with one attached hydrogen (secondary N) is 1. The number of hydrogen-bond donors (Lipinski definition) is 2. The van der Waals surface area contributed by atoms with Gasteiger partial charge in [0.25, 0.3) is 0 Å². The van der Waals surface area contributed by atoms with Crippen LogP contribution in [0.15, 0.2) is 24.3 Å². The summed E-state index contributed by atoms with van der Waals surface area (Å²) in [7, 11) is 0. The molecule has 1 aromatic carbocycles. The molecule has 150 valence electrons. The van der Waals surface area contributed by atoms with Gasteiger partial charge in [0.2, 0.25) is 17.7 Å². The predicted molar refractivity (Wildman–Crippen MR) is 110 cm³/mol. The summed E-state index contributed by atoms with van der Waals surface area (Å²) >= 11 is 12.1. The van der Waals surface area contributed by atoms with Gasteiger partial charge in [-0.25, -0.2) is 0 Å². The molecule has 1 aliphatic heterocycles. The molecule has 1 heterocycles. The minimum atomic E-state index is -0.888. The van der Waals surface area contributed by atoms with Crippen molar-refractivity contribution < 1.29 is 14.4 Å². The first-order chi connectivity index (χ1) is 13.2. The summed E-state index contributed by atoms with van der Waals surface area (Å²) in [5.74, 6) is -1.63. The maximum absolute atomic E-state index is 13.0. The molecule has 6 nitrogen and oxygen atoms in total. The van der Waals surface area contributed by atoms with Crippen LogP contribution in [0.2, 0.25) is 10.0 Å². The number of anilines is 2. The summed E-state index contributed by atoms with van der Waals surface area (Å²) in [6, 6.07) is 2.09. The van der Waals surface area contributed by atoms with Crippen molar-refractivity contribution >= 4 is 52.3 Å². The molecule has 3 amide bonds. The minimum Gasteiger partial charge on any atom is -0.396 e. The Bertz CT molecular complexity index is 804. The number of hydrogen-bond acceptors (Lipinski definition) is 4. The van der Waals surface area contributed by atoms with E-state index in [1.807, 2.05) is 26.0 Å². The number of benzene rings is 1. The summed E-state index contributed by atoms with van der Waals surface area (Å²) < 4.78 is 0. The second-order valence-electron chi connectivity index (χ2n) is 7.69. The zero-order valence-corrected chi connectivity index (χ0v) is 17.3. The van der Waals surface area contributed by atoms with E-state index in [0.717, 1.165) is 4.90 Å². The summed E-state index contributed by atoms with van der Waals surface area (Å²) in [4.78, 5) is 40.0. The number of nitrogens with zero attached hydrogens (tertiary/aromatic N) is 1. The molecule has 3 rings (SSSR count). The molecule has 2 aliphatic rings. The van der Waals surface area contributed by atoms with Crippen molar-refractivity contribution in [2.45, 2.75) is 39.2 Å². The van der Waals surface area contributed by atoms with Gasteiger partial charge in [0.15, 0.2) is 0 Å².